The minimum Gasteiger partial charge on any atom is -0.481 e. The smallest absolute Gasteiger partial charge is 0.307 e. The standard InChI is InChI=1S/C16H16ClNO2/c1-11-6-7-15(14(17)8-11)18-10-13-5-3-2-4-12(13)9-16(19)20/h2-8,18H,9-10H2,1H3,(H,19,20). The summed E-state index contributed by atoms with van der Waals surface area (Å²) in [4.78, 5) is 10.8. The molecule has 0 aliphatic carbocycles. The second kappa shape index (κ2) is 6.44. The molecule has 0 aromatic heterocycles. The fourth-order valence-corrected chi connectivity index (χ4v) is 2.32. The number of carbonyl (C=O) groups is 1. The molecule has 3 nitrogen and oxygen atoms in total. The Morgan fingerprint density at radius 1 is 1.20 bits per heavy atom. The monoisotopic (exact) mass is 289 g/mol. The summed E-state index contributed by atoms with van der Waals surface area (Å²) in [5.74, 6) is -0.828. The molecule has 0 aliphatic heterocycles. The number of rotatable bonds is 5. The van der Waals surface area contributed by atoms with Crippen molar-refractivity contribution in [2.45, 2.75) is 19.9 Å². The van der Waals surface area contributed by atoms with Crippen molar-refractivity contribution in [2.24, 2.45) is 0 Å². The van der Waals surface area contributed by atoms with E-state index in [9.17, 15) is 4.79 Å². The normalized spacial score (nSPS) is 10.3. The van der Waals surface area contributed by atoms with Crippen molar-refractivity contribution in [3.8, 4) is 0 Å². The van der Waals surface area contributed by atoms with Gasteiger partial charge in [-0.2, -0.15) is 0 Å². The summed E-state index contributed by atoms with van der Waals surface area (Å²) in [6.07, 6.45) is 0.0273. The summed E-state index contributed by atoms with van der Waals surface area (Å²) in [6.45, 7) is 2.53. The third-order valence-corrected chi connectivity index (χ3v) is 3.37. The van der Waals surface area contributed by atoms with Crippen LogP contribution in [0.15, 0.2) is 42.5 Å². The Kier molecular flexibility index (Phi) is 4.64. The second-order valence-corrected chi connectivity index (χ2v) is 5.08. The van der Waals surface area contributed by atoms with Gasteiger partial charge >= 0.3 is 5.97 Å². The Hall–Kier alpha value is -2.00. The molecule has 2 N–H and O–H groups in total. The molecule has 0 saturated carbocycles. The minimum absolute atomic E-state index is 0.0273. The van der Waals surface area contributed by atoms with Gasteiger partial charge in [0.15, 0.2) is 0 Å². The van der Waals surface area contributed by atoms with Gasteiger partial charge in [-0.05, 0) is 35.7 Å². The van der Waals surface area contributed by atoms with Crippen LogP contribution in [0.25, 0.3) is 0 Å². The van der Waals surface area contributed by atoms with Gasteiger partial charge in [-0.3, -0.25) is 4.79 Å². The summed E-state index contributed by atoms with van der Waals surface area (Å²) in [6, 6.07) is 13.3. The number of aliphatic carboxylic acids is 1. The SMILES string of the molecule is Cc1ccc(NCc2ccccc2CC(=O)O)c(Cl)c1. The minimum atomic E-state index is -0.828. The molecular weight excluding hydrogens is 274 g/mol. The first-order valence-electron chi connectivity index (χ1n) is 6.35. The largest absolute Gasteiger partial charge is 0.481 e. The molecule has 0 spiro atoms. The van der Waals surface area contributed by atoms with E-state index in [0.29, 0.717) is 11.6 Å². The lowest BCUT2D eigenvalue weighted by molar-refractivity contribution is -0.136. The molecule has 4 heteroatoms. The van der Waals surface area contributed by atoms with Gasteiger partial charge in [0.2, 0.25) is 0 Å². The maximum atomic E-state index is 10.8. The molecule has 2 aromatic rings. The van der Waals surface area contributed by atoms with Gasteiger partial charge in [0.1, 0.15) is 0 Å². The summed E-state index contributed by atoms with van der Waals surface area (Å²) >= 11 is 6.16. The average molecular weight is 290 g/mol. The van der Waals surface area contributed by atoms with Crippen molar-refractivity contribution in [2.75, 3.05) is 5.32 Å². The van der Waals surface area contributed by atoms with Gasteiger partial charge < -0.3 is 10.4 Å². The number of halogens is 1. The first kappa shape index (κ1) is 14.4. The van der Waals surface area contributed by atoms with Crippen LogP contribution in [0, 0.1) is 6.92 Å². The number of hydrogen-bond acceptors (Lipinski definition) is 2. The van der Waals surface area contributed by atoms with E-state index in [1.54, 1.807) is 0 Å². The van der Waals surface area contributed by atoms with E-state index >= 15 is 0 Å². The predicted molar refractivity (Wildman–Crippen MR) is 81.3 cm³/mol. The lowest BCUT2D eigenvalue weighted by Gasteiger charge is -2.12. The summed E-state index contributed by atoms with van der Waals surface area (Å²) < 4.78 is 0. The highest BCUT2D eigenvalue weighted by Gasteiger charge is 2.07. The number of carboxylic acid groups (broad SMARTS) is 1. The van der Waals surface area contributed by atoms with Crippen LogP contribution < -0.4 is 5.32 Å². The highest BCUT2D eigenvalue weighted by atomic mass is 35.5. The van der Waals surface area contributed by atoms with Crippen LogP contribution in [0.2, 0.25) is 5.02 Å². The Bertz CT molecular complexity index is 626. The fourth-order valence-electron chi connectivity index (χ4n) is 2.02. The molecule has 0 amide bonds. The molecule has 0 atom stereocenters. The van der Waals surface area contributed by atoms with Crippen LogP contribution in [0.5, 0.6) is 0 Å². The van der Waals surface area contributed by atoms with E-state index in [0.717, 1.165) is 22.4 Å². The van der Waals surface area contributed by atoms with Gasteiger partial charge in [0.05, 0.1) is 17.1 Å². The van der Waals surface area contributed by atoms with Gasteiger partial charge in [-0.15, -0.1) is 0 Å². The van der Waals surface area contributed by atoms with Crippen LogP contribution in [-0.2, 0) is 17.8 Å². The number of hydrogen-bond donors (Lipinski definition) is 2. The van der Waals surface area contributed by atoms with Crippen molar-refractivity contribution in [3.63, 3.8) is 0 Å². The van der Waals surface area contributed by atoms with Crippen molar-refractivity contribution in [1.29, 1.82) is 0 Å². The Labute approximate surface area is 123 Å². The summed E-state index contributed by atoms with van der Waals surface area (Å²) in [5.41, 5.74) is 3.73. The maximum Gasteiger partial charge on any atom is 0.307 e. The molecule has 20 heavy (non-hydrogen) atoms. The van der Waals surface area contributed by atoms with Crippen LogP contribution in [0.4, 0.5) is 5.69 Å². The number of carboxylic acids is 1. The zero-order chi connectivity index (χ0) is 14.5. The van der Waals surface area contributed by atoms with Crippen molar-refractivity contribution in [3.05, 3.63) is 64.2 Å². The predicted octanol–water partition coefficient (Wildman–Crippen LogP) is 3.89. The fraction of sp³-hybridized carbons (Fsp3) is 0.188. The molecule has 0 heterocycles. The molecule has 0 aliphatic rings. The number of benzene rings is 2. The molecule has 0 radical (unpaired) electrons. The first-order valence-corrected chi connectivity index (χ1v) is 6.72. The number of anilines is 1. The van der Waals surface area contributed by atoms with Gasteiger partial charge in [-0.1, -0.05) is 41.9 Å². The van der Waals surface area contributed by atoms with Gasteiger partial charge in [0.25, 0.3) is 0 Å². The highest BCUT2D eigenvalue weighted by Crippen LogP contribution is 2.23. The van der Waals surface area contributed by atoms with Crippen molar-refractivity contribution >= 4 is 23.3 Å². The quantitative estimate of drug-likeness (QED) is 0.878. The zero-order valence-electron chi connectivity index (χ0n) is 11.2. The van der Waals surface area contributed by atoms with Crippen LogP contribution in [0.1, 0.15) is 16.7 Å². The van der Waals surface area contributed by atoms with Crippen LogP contribution in [-0.4, -0.2) is 11.1 Å². The van der Waals surface area contributed by atoms with E-state index in [4.69, 9.17) is 16.7 Å². The third-order valence-electron chi connectivity index (χ3n) is 3.05. The Balaban J connectivity index is 2.12. The molecule has 2 rings (SSSR count). The topological polar surface area (TPSA) is 49.3 Å². The van der Waals surface area contributed by atoms with Crippen molar-refractivity contribution < 1.29 is 9.90 Å². The van der Waals surface area contributed by atoms with E-state index in [-0.39, 0.29) is 6.42 Å². The van der Waals surface area contributed by atoms with E-state index in [1.165, 1.54) is 0 Å². The Morgan fingerprint density at radius 2 is 1.90 bits per heavy atom. The average Bonchev–Trinajstić information content (AvgIpc) is 2.39. The molecule has 2 aromatic carbocycles. The molecule has 104 valence electrons. The molecule has 0 unspecified atom stereocenters. The number of nitrogens with one attached hydrogen (secondary N) is 1. The zero-order valence-corrected chi connectivity index (χ0v) is 11.9. The lowest BCUT2D eigenvalue weighted by atomic mass is 10.0. The second-order valence-electron chi connectivity index (χ2n) is 4.68. The maximum absolute atomic E-state index is 10.8. The van der Waals surface area contributed by atoms with Crippen LogP contribution in [0.3, 0.4) is 0 Å². The first-order chi connectivity index (χ1) is 9.56. The summed E-state index contributed by atoms with van der Waals surface area (Å²) in [5, 5.41) is 12.8. The van der Waals surface area contributed by atoms with E-state index in [2.05, 4.69) is 5.32 Å². The van der Waals surface area contributed by atoms with Crippen molar-refractivity contribution in [1.82, 2.24) is 0 Å². The molecule has 0 bridgehead atoms. The highest BCUT2D eigenvalue weighted by molar-refractivity contribution is 6.33. The molecular formula is C16H16ClNO2. The Morgan fingerprint density at radius 3 is 2.55 bits per heavy atom. The molecule has 0 saturated heterocycles. The summed E-state index contributed by atoms with van der Waals surface area (Å²) in [7, 11) is 0. The third kappa shape index (κ3) is 3.75. The lowest BCUT2D eigenvalue weighted by Crippen LogP contribution is -2.07. The van der Waals surface area contributed by atoms with E-state index in [1.807, 2.05) is 49.4 Å². The van der Waals surface area contributed by atoms with Crippen LogP contribution >= 0.6 is 11.6 Å². The molecule has 0 fully saturated rings. The van der Waals surface area contributed by atoms with Gasteiger partial charge in [0, 0.05) is 6.54 Å². The van der Waals surface area contributed by atoms with E-state index < -0.39 is 5.97 Å². The number of aryl methyl sites for hydroxylation is 1. The van der Waals surface area contributed by atoms with Gasteiger partial charge in [-0.25, -0.2) is 0 Å².